The third-order valence-electron chi connectivity index (χ3n) is 5.38. The van der Waals surface area contributed by atoms with E-state index in [2.05, 4.69) is 33.0 Å². The van der Waals surface area contributed by atoms with Crippen LogP contribution in [0, 0.1) is 22.2 Å². The number of anilines is 1. The second-order valence-electron chi connectivity index (χ2n) is 8.77. The van der Waals surface area contributed by atoms with Crippen LogP contribution in [0.5, 0.6) is 0 Å². The summed E-state index contributed by atoms with van der Waals surface area (Å²) in [4.78, 5) is 25.8. The van der Waals surface area contributed by atoms with E-state index >= 15 is 0 Å². The fourth-order valence-electron chi connectivity index (χ4n) is 3.02. The molecule has 0 heterocycles. The van der Waals surface area contributed by atoms with E-state index in [4.69, 9.17) is 23.2 Å². The summed E-state index contributed by atoms with van der Waals surface area (Å²) in [7, 11) is 0. The summed E-state index contributed by atoms with van der Waals surface area (Å²) in [6, 6.07) is 3.25. The van der Waals surface area contributed by atoms with Gasteiger partial charge in [0.25, 0.3) is 0 Å². The molecule has 0 atom stereocenters. The van der Waals surface area contributed by atoms with E-state index in [0.29, 0.717) is 20.6 Å². The van der Waals surface area contributed by atoms with Crippen molar-refractivity contribution in [3.63, 3.8) is 0 Å². The van der Waals surface area contributed by atoms with Crippen molar-refractivity contribution < 1.29 is 9.59 Å². The zero-order valence-electron chi connectivity index (χ0n) is 15.7. The van der Waals surface area contributed by atoms with E-state index in [1.54, 1.807) is 12.1 Å². The first kappa shape index (κ1) is 20.6. The van der Waals surface area contributed by atoms with Gasteiger partial charge in [-0.25, -0.2) is 0 Å². The Hall–Kier alpha value is -0.710. The van der Waals surface area contributed by atoms with Crippen LogP contribution in [0.4, 0.5) is 5.69 Å². The molecule has 138 valence electrons. The predicted octanol–water partition coefficient (Wildman–Crippen LogP) is 6.28. The van der Waals surface area contributed by atoms with E-state index in [-0.39, 0.29) is 27.8 Å². The van der Waals surface area contributed by atoms with Crippen LogP contribution in [-0.2, 0) is 9.59 Å². The number of rotatable bonds is 3. The third kappa shape index (κ3) is 3.86. The molecule has 0 spiro atoms. The maximum Gasteiger partial charge on any atom is 0.228 e. The number of nitrogens with one attached hydrogen (secondary N) is 1. The van der Waals surface area contributed by atoms with Crippen LogP contribution in [0.25, 0.3) is 0 Å². The number of thioether (sulfide) groups is 1. The summed E-state index contributed by atoms with van der Waals surface area (Å²) in [6.45, 7) is 13.9. The Morgan fingerprint density at radius 2 is 1.52 bits per heavy atom. The lowest BCUT2D eigenvalue weighted by Crippen LogP contribution is -2.19. The molecular formula is C19H25Cl2NO2S. The summed E-state index contributed by atoms with van der Waals surface area (Å²) >= 11 is 13.3. The standard InChI is InChI=1S/C19H25Cl2NO2S/c1-17(2,3)16(24)25-13-9-11(21)10(20)8-12(13)22-15(23)14-18(4,5)19(14,6)7/h8-9,14H,1-7H3,(H,22,23). The second-order valence-corrected chi connectivity index (χ2v) is 10.6. The lowest BCUT2D eigenvalue weighted by Gasteiger charge is -2.18. The largest absolute Gasteiger partial charge is 0.325 e. The minimum Gasteiger partial charge on any atom is -0.325 e. The molecule has 2 rings (SSSR count). The molecule has 1 amide bonds. The highest BCUT2D eigenvalue weighted by Gasteiger charge is 2.68. The molecule has 1 aliphatic carbocycles. The van der Waals surface area contributed by atoms with E-state index in [0.717, 1.165) is 11.8 Å². The molecule has 3 nitrogen and oxygen atoms in total. The Bertz CT molecular complexity index is 722. The van der Waals surface area contributed by atoms with Gasteiger partial charge in [-0.05, 0) is 34.7 Å². The number of benzene rings is 1. The van der Waals surface area contributed by atoms with Gasteiger partial charge in [0.15, 0.2) is 5.12 Å². The Morgan fingerprint density at radius 1 is 1.04 bits per heavy atom. The van der Waals surface area contributed by atoms with Gasteiger partial charge in [0, 0.05) is 16.2 Å². The average molecular weight is 402 g/mol. The van der Waals surface area contributed by atoms with Gasteiger partial charge in [0.05, 0.1) is 15.7 Å². The third-order valence-corrected chi connectivity index (χ3v) is 7.46. The number of hydrogen-bond donors (Lipinski definition) is 1. The van der Waals surface area contributed by atoms with Crippen LogP contribution in [0.1, 0.15) is 48.5 Å². The van der Waals surface area contributed by atoms with Gasteiger partial charge in [-0.15, -0.1) is 0 Å². The molecule has 1 fully saturated rings. The van der Waals surface area contributed by atoms with Crippen LogP contribution in [0.2, 0.25) is 10.0 Å². The van der Waals surface area contributed by atoms with Gasteiger partial charge in [0.2, 0.25) is 5.91 Å². The number of hydrogen-bond acceptors (Lipinski definition) is 3. The van der Waals surface area contributed by atoms with Crippen molar-refractivity contribution in [3.05, 3.63) is 22.2 Å². The van der Waals surface area contributed by atoms with Crippen molar-refractivity contribution in [3.8, 4) is 0 Å². The van der Waals surface area contributed by atoms with Crippen LogP contribution < -0.4 is 5.32 Å². The van der Waals surface area contributed by atoms with E-state index in [1.807, 2.05) is 20.8 Å². The Kier molecular flexibility index (Phi) is 5.33. The van der Waals surface area contributed by atoms with Crippen molar-refractivity contribution in [1.29, 1.82) is 0 Å². The summed E-state index contributed by atoms with van der Waals surface area (Å²) in [5, 5.41) is 3.65. The van der Waals surface area contributed by atoms with Crippen LogP contribution in [0.3, 0.4) is 0 Å². The molecule has 25 heavy (non-hydrogen) atoms. The molecule has 0 unspecified atom stereocenters. The molecule has 1 saturated carbocycles. The van der Waals surface area contributed by atoms with Crippen molar-refractivity contribution in [2.24, 2.45) is 22.2 Å². The molecule has 1 aliphatic rings. The first-order valence-electron chi connectivity index (χ1n) is 8.22. The quantitative estimate of drug-likeness (QED) is 0.606. The average Bonchev–Trinajstić information content (AvgIpc) is 2.84. The topological polar surface area (TPSA) is 46.2 Å². The Morgan fingerprint density at radius 3 is 1.96 bits per heavy atom. The molecule has 1 N–H and O–H groups in total. The lowest BCUT2D eigenvalue weighted by atomic mass is 10.00. The number of amides is 1. The summed E-state index contributed by atoms with van der Waals surface area (Å²) in [5.74, 6) is -0.149. The SMILES string of the molecule is CC(C)(C)C(=O)Sc1cc(Cl)c(Cl)cc1NC(=O)C1C(C)(C)C1(C)C. The fraction of sp³-hybridized carbons (Fsp3) is 0.579. The van der Waals surface area contributed by atoms with Gasteiger partial charge in [0.1, 0.15) is 0 Å². The highest BCUT2D eigenvalue weighted by molar-refractivity contribution is 8.13. The monoisotopic (exact) mass is 401 g/mol. The first-order valence-corrected chi connectivity index (χ1v) is 9.79. The second kappa shape index (κ2) is 6.47. The molecule has 0 aromatic heterocycles. The predicted molar refractivity (Wildman–Crippen MR) is 106 cm³/mol. The zero-order valence-corrected chi connectivity index (χ0v) is 18.0. The normalized spacial score (nSPS) is 18.8. The summed E-state index contributed by atoms with van der Waals surface area (Å²) < 4.78 is 0. The molecule has 0 saturated heterocycles. The van der Waals surface area contributed by atoms with Crippen LogP contribution >= 0.6 is 35.0 Å². The molecule has 0 aliphatic heterocycles. The smallest absolute Gasteiger partial charge is 0.228 e. The van der Waals surface area contributed by atoms with Gasteiger partial charge in [-0.1, -0.05) is 71.7 Å². The van der Waals surface area contributed by atoms with Crippen molar-refractivity contribution in [2.45, 2.75) is 53.4 Å². The maximum absolute atomic E-state index is 12.8. The minimum atomic E-state index is -0.501. The van der Waals surface area contributed by atoms with Crippen molar-refractivity contribution in [1.82, 2.24) is 0 Å². The molecule has 0 radical (unpaired) electrons. The zero-order chi connectivity index (χ0) is 19.4. The maximum atomic E-state index is 12.8. The van der Waals surface area contributed by atoms with Gasteiger partial charge < -0.3 is 5.32 Å². The van der Waals surface area contributed by atoms with Crippen LogP contribution in [-0.4, -0.2) is 11.0 Å². The number of carbonyl (C=O) groups excluding carboxylic acids is 2. The minimum absolute atomic E-state index is 0.00605. The fourth-order valence-corrected chi connectivity index (χ4v) is 4.32. The number of carbonyl (C=O) groups is 2. The van der Waals surface area contributed by atoms with Crippen LogP contribution in [0.15, 0.2) is 17.0 Å². The Balaban J connectivity index is 2.30. The van der Waals surface area contributed by atoms with E-state index in [9.17, 15) is 9.59 Å². The summed E-state index contributed by atoms with van der Waals surface area (Å²) in [6.07, 6.45) is 0. The lowest BCUT2D eigenvalue weighted by molar-refractivity contribution is -0.118. The van der Waals surface area contributed by atoms with Gasteiger partial charge in [-0.3, -0.25) is 9.59 Å². The first-order chi connectivity index (χ1) is 11.2. The highest BCUT2D eigenvalue weighted by Crippen LogP contribution is 2.68. The summed E-state index contributed by atoms with van der Waals surface area (Å²) in [5.41, 5.74) is -0.108. The van der Waals surface area contributed by atoms with E-state index < -0.39 is 5.41 Å². The van der Waals surface area contributed by atoms with Gasteiger partial charge >= 0.3 is 0 Å². The van der Waals surface area contributed by atoms with Gasteiger partial charge in [-0.2, -0.15) is 0 Å². The van der Waals surface area contributed by atoms with Crippen molar-refractivity contribution in [2.75, 3.05) is 5.32 Å². The van der Waals surface area contributed by atoms with Crippen molar-refractivity contribution >= 4 is 51.7 Å². The van der Waals surface area contributed by atoms with E-state index in [1.165, 1.54) is 0 Å². The number of halogens is 2. The Labute approximate surface area is 164 Å². The molecule has 6 heteroatoms. The molecule has 1 aromatic rings. The highest BCUT2D eigenvalue weighted by atomic mass is 35.5. The molecule has 1 aromatic carbocycles. The molecular weight excluding hydrogens is 377 g/mol. The molecule has 0 bridgehead atoms.